The molecule has 0 aromatic heterocycles. The topological polar surface area (TPSA) is 40.6 Å². The van der Waals surface area contributed by atoms with Crippen molar-refractivity contribution in [1.82, 2.24) is 9.80 Å². The van der Waals surface area contributed by atoms with Crippen molar-refractivity contribution in [2.45, 2.75) is 251 Å². The van der Waals surface area contributed by atoms with E-state index in [1.807, 2.05) is 0 Å². The maximum Gasteiger partial charge on any atom is 0.226 e. The van der Waals surface area contributed by atoms with Gasteiger partial charge in [0.2, 0.25) is 11.8 Å². The Bertz CT molecular complexity index is 886. The van der Waals surface area contributed by atoms with Crippen LogP contribution in [0.5, 0.6) is 0 Å². The molecule has 0 aromatic rings. The van der Waals surface area contributed by atoms with Crippen LogP contribution in [0, 0.1) is 0 Å². The molecule has 2 amide bonds. The van der Waals surface area contributed by atoms with Crippen LogP contribution in [0.15, 0.2) is 0 Å². The lowest BCUT2D eigenvalue weighted by Gasteiger charge is -2.41. The van der Waals surface area contributed by atoms with E-state index in [1.165, 1.54) is 219 Å². The Morgan fingerprint density at radius 1 is 0.351 bits per heavy atom. The van der Waals surface area contributed by atoms with Gasteiger partial charge in [0.25, 0.3) is 0 Å². The Morgan fingerprint density at radius 3 is 0.807 bits per heavy atom. The molecule has 0 aromatic carbocycles. The van der Waals surface area contributed by atoms with Crippen molar-refractivity contribution in [2.24, 2.45) is 0 Å². The van der Waals surface area contributed by atoms with Crippen LogP contribution in [0.4, 0.5) is 0 Å². The molecular formula is C51H102N4O2+2. The number of carbonyl (C=O) groups is 2. The Morgan fingerprint density at radius 2 is 0.579 bits per heavy atom. The summed E-state index contributed by atoms with van der Waals surface area (Å²) in [5.74, 6) is 0.728. The van der Waals surface area contributed by atoms with Gasteiger partial charge in [0.15, 0.2) is 13.3 Å². The Labute approximate surface area is 357 Å². The van der Waals surface area contributed by atoms with E-state index in [4.69, 9.17) is 0 Å². The molecule has 2 unspecified atom stereocenters. The van der Waals surface area contributed by atoms with Gasteiger partial charge in [0.1, 0.15) is 0 Å². The summed E-state index contributed by atoms with van der Waals surface area (Å²) in [6.07, 6.45) is 49.6. The predicted molar refractivity (Wildman–Crippen MR) is 247 cm³/mol. The van der Waals surface area contributed by atoms with Gasteiger partial charge in [-0.1, -0.05) is 194 Å². The first-order valence-corrected chi connectivity index (χ1v) is 26.0. The van der Waals surface area contributed by atoms with Crippen LogP contribution in [-0.4, -0.2) is 97.3 Å². The fraction of sp³-hybridized carbons (Fsp3) is 0.961. The number of quaternary nitrogens is 2. The molecule has 0 bridgehead atoms. The minimum atomic E-state index is 0.364. The zero-order valence-corrected chi connectivity index (χ0v) is 39.4. The monoisotopic (exact) mass is 803 g/mol. The van der Waals surface area contributed by atoms with E-state index in [1.54, 1.807) is 0 Å². The number of hydrogen-bond acceptors (Lipinski definition) is 2. The zero-order valence-electron chi connectivity index (χ0n) is 39.4. The number of nitrogens with zero attached hydrogens (tertiary/aromatic N) is 4. The highest BCUT2D eigenvalue weighted by molar-refractivity contribution is 5.78. The second kappa shape index (κ2) is 34.6. The second-order valence-corrected chi connectivity index (χ2v) is 19.9. The first-order valence-electron chi connectivity index (χ1n) is 26.0. The molecular weight excluding hydrogens is 701 g/mol. The highest BCUT2D eigenvalue weighted by Gasteiger charge is 2.33. The molecule has 0 N–H and O–H groups in total. The summed E-state index contributed by atoms with van der Waals surface area (Å²) < 4.78 is 1.98. The highest BCUT2D eigenvalue weighted by Crippen LogP contribution is 2.21. The number of carbonyl (C=O) groups excluding carboxylic acids is 2. The minimum Gasteiger partial charge on any atom is -0.309 e. The van der Waals surface area contributed by atoms with Gasteiger partial charge >= 0.3 is 0 Å². The number of rotatable bonds is 42. The third kappa shape index (κ3) is 27.4. The molecule has 2 rings (SSSR count). The number of unbranched alkanes of at least 4 members (excludes halogenated alkanes) is 30. The van der Waals surface area contributed by atoms with E-state index in [0.717, 1.165) is 80.6 Å². The van der Waals surface area contributed by atoms with Crippen molar-refractivity contribution in [3.8, 4) is 0 Å². The van der Waals surface area contributed by atoms with Gasteiger partial charge in [-0.05, 0) is 38.5 Å². The first-order chi connectivity index (χ1) is 27.8. The van der Waals surface area contributed by atoms with Crippen LogP contribution in [0.3, 0.4) is 0 Å². The molecule has 0 aliphatic carbocycles. The number of likely N-dealkylation sites (tertiary alicyclic amines) is 2. The minimum absolute atomic E-state index is 0.364. The molecule has 2 aliphatic heterocycles. The maximum absolute atomic E-state index is 12.7. The Hall–Kier alpha value is -1.14. The summed E-state index contributed by atoms with van der Waals surface area (Å²) in [5, 5.41) is 0. The molecule has 0 radical (unpaired) electrons. The van der Waals surface area contributed by atoms with Crippen LogP contribution in [0.2, 0.25) is 0 Å². The molecule has 2 saturated heterocycles. The van der Waals surface area contributed by atoms with E-state index in [9.17, 15) is 9.59 Å². The second-order valence-electron chi connectivity index (χ2n) is 19.9. The summed E-state index contributed by atoms with van der Waals surface area (Å²) in [6.45, 7) is 12.9. The van der Waals surface area contributed by atoms with Crippen LogP contribution in [-0.2, 0) is 9.59 Å². The van der Waals surface area contributed by atoms with Crippen LogP contribution in [0.1, 0.15) is 251 Å². The Balaban J connectivity index is 1.67. The quantitative estimate of drug-likeness (QED) is 0.0456. The molecule has 2 heterocycles. The zero-order chi connectivity index (χ0) is 41.1. The van der Waals surface area contributed by atoms with Crippen molar-refractivity contribution in [3.63, 3.8) is 0 Å². The molecule has 2 atom stereocenters. The molecule has 0 spiro atoms. The standard InChI is InChI=1S/C51H102N4O2/c1-5-7-9-11-13-15-17-19-21-23-25-27-29-31-33-35-44-54(3,48-52-42-37-40-50(52)56)46-39-47-55(4,49-53-43-38-41-51(53)57)45-36-34-32-30-28-26-24-22-20-18-16-14-12-10-8-6-2/h5-49H2,1-4H3/q+2. The van der Waals surface area contributed by atoms with Gasteiger partial charge in [-0.25, -0.2) is 0 Å². The van der Waals surface area contributed by atoms with E-state index >= 15 is 0 Å². The largest absolute Gasteiger partial charge is 0.309 e. The van der Waals surface area contributed by atoms with Crippen LogP contribution in [0.25, 0.3) is 0 Å². The highest BCUT2D eigenvalue weighted by atomic mass is 16.2. The number of hydrogen-bond donors (Lipinski definition) is 0. The van der Waals surface area contributed by atoms with Gasteiger partial charge < -0.3 is 8.97 Å². The maximum atomic E-state index is 12.7. The first kappa shape index (κ1) is 52.0. The van der Waals surface area contributed by atoms with E-state index in [2.05, 4.69) is 37.7 Å². The van der Waals surface area contributed by atoms with Crippen molar-refractivity contribution >= 4 is 11.8 Å². The van der Waals surface area contributed by atoms with E-state index in [-0.39, 0.29) is 0 Å². The fourth-order valence-corrected chi connectivity index (χ4v) is 9.96. The molecule has 2 fully saturated rings. The smallest absolute Gasteiger partial charge is 0.226 e. The average molecular weight is 803 g/mol. The van der Waals surface area contributed by atoms with Crippen molar-refractivity contribution in [3.05, 3.63) is 0 Å². The summed E-state index contributed by atoms with van der Waals surface area (Å²) >= 11 is 0. The van der Waals surface area contributed by atoms with Gasteiger partial charge in [-0.3, -0.25) is 19.4 Å². The lowest BCUT2D eigenvalue weighted by molar-refractivity contribution is -0.936. The molecule has 2 aliphatic rings. The predicted octanol–water partition coefficient (Wildman–Crippen LogP) is 14.0. The lowest BCUT2D eigenvalue weighted by Crippen LogP contribution is -2.56. The lowest BCUT2D eigenvalue weighted by atomic mass is 10.0. The molecule has 336 valence electrons. The summed E-state index contributed by atoms with van der Waals surface area (Å²) in [7, 11) is 4.86. The van der Waals surface area contributed by atoms with Crippen LogP contribution < -0.4 is 0 Å². The molecule has 6 nitrogen and oxygen atoms in total. The third-order valence-electron chi connectivity index (χ3n) is 13.9. The van der Waals surface area contributed by atoms with E-state index < -0.39 is 0 Å². The third-order valence-corrected chi connectivity index (χ3v) is 13.9. The summed E-state index contributed by atoms with van der Waals surface area (Å²) in [5.41, 5.74) is 0. The Kier molecular flexibility index (Phi) is 31.5. The molecule has 0 saturated carbocycles. The summed E-state index contributed by atoms with van der Waals surface area (Å²) in [6, 6.07) is 0. The fourth-order valence-electron chi connectivity index (χ4n) is 9.96. The van der Waals surface area contributed by atoms with Crippen molar-refractivity contribution < 1.29 is 18.6 Å². The van der Waals surface area contributed by atoms with Gasteiger partial charge in [0.05, 0.1) is 40.3 Å². The van der Waals surface area contributed by atoms with Gasteiger partial charge in [-0.15, -0.1) is 0 Å². The van der Waals surface area contributed by atoms with Crippen molar-refractivity contribution in [1.29, 1.82) is 0 Å². The molecule has 6 heteroatoms. The summed E-state index contributed by atoms with van der Waals surface area (Å²) in [4.78, 5) is 29.8. The van der Waals surface area contributed by atoms with E-state index in [0.29, 0.717) is 11.8 Å². The van der Waals surface area contributed by atoms with Gasteiger partial charge in [0, 0.05) is 32.4 Å². The van der Waals surface area contributed by atoms with Crippen molar-refractivity contribution in [2.75, 3.05) is 66.7 Å². The number of amides is 2. The molecule has 57 heavy (non-hydrogen) atoms. The average Bonchev–Trinajstić information content (AvgIpc) is 3.79. The van der Waals surface area contributed by atoms with Gasteiger partial charge in [-0.2, -0.15) is 0 Å². The normalized spacial score (nSPS) is 16.9. The van der Waals surface area contributed by atoms with Crippen LogP contribution >= 0.6 is 0 Å². The SMILES string of the molecule is CCCCCCCCCCCCCCCCCC[N+](C)(CCC[N+](C)(CCCCCCCCCCCCCCCCCC)CN1CCCC1=O)CN1CCCC1=O.